The molecule has 0 spiro atoms. The first kappa shape index (κ1) is 19.5. The normalized spacial score (nSPS) is 10.9. The Bertz CT molecular complexity index is 1090. The molecule has 5 nitrogen and oxygen atoms in total. The van der Waals surface area contributed by atoms with Crippen LogP contribution in [0.25, 0.3) is 11.0 Å². The molecule has 148 valence electrons. The maximum Gasteiger partial charge on any atom is 0.261 e. The van der Waals surface area contributed by atoms with E-state index in [0.29, 0.717) is 31.1 Å². The van der Waals surface area contributed by atoms with Crippen molar-refractivity contribution in [2.45, 2.75) is 13.0 Å². The average Bonchev–Trinajstić information content (AvgIpc) is 3.38. The SMILES string of the molecule is O=C(NCCc1nc2ccccc2n1CCOc1ccc(Cl)cc1)c1cccs1. The van der Waals surface area contributed by atoms with Gasteiger partial charge in [-0.15, -0.1) is 11.3 Å². The number of nitrogens with zero attached hydrogens (tertiary/aromatic N) is 2. The summed E-state index contributed by atoms with van der Waals surface area (Å²) in [4.78, 5) is 17.6. The molecular formula is C22H20ClN3O2S. The largest absolute Gasteiger partial charge is 0.492 e. The van der Waals surface area contributed by atoms with Crippen LogP contribution >= 0.6 is 22.9 Å². The van der Waals surface area contributed by atoms with Crippen LogP contribution in [0.3, 0.4) is 0 Å². The smallest absolute Gasteiger partial charge is 0.261 e. The quantitative estimate of drug-likeness (QED) is 0.441. The van der Waals surface area contributed by atoms with Crippen molar-refractivity contribution in [2.75, 3.05) is 13.2 Å². The summed E-state index contributed by atoms with van der Waals surface area (Å²) in [7, 11) is 0. The van der Waals surface area contributed by atoms with Gasteiger partial charge < -0.3 is 14.6 Å². The molecule has 0 aliphatic heterocycles. The van der Waals surface area contributed by atoms with Crippen molar-refractivity contribution >= 4 is 39.9 Å². The fourth-order valence-electron chi connectivity index (χ4n) is 3.13. The third-order valence-corrected chi connectivity index (χ3v) is 5.63. The number of rotatable bonds is 8. The Hall–Kier alpha value is -2.83. The van der Waals surface area contributed by atoms with Gasteiger partial charge in [0.2, 0.25) is 0 Å². The first-order chi connectivity index (χ1) is 14.2. The van der Waals surface area contributed by atoms with Crippen LogP contribution in [-0.4, -0.2) is 28.6 Å². The van der Waals surface area contributed by atoms with E-state index in [1.165, 1.54) is 11.3 Å². The number of hydrogen-bond donors (Lipinski definition) is 1. The molecule has 29 heavy (non-hydrogen) atoms. The van der Waals surface area contributed by atoms with E-state index in [2.05, 4.69) is 16.0 Å². The Morgan fingerprint density at radius 1 is 1.10 bits per heavy atom. The zero-order valence-electron chi connectivity index (χ0n) is 15.7. The molecule has 7 heteroatoms. The lowest BCUT2D eigenvalue weighted by Gasteiger charge is -2.11. The molecule has 1 amide bonds. The van der Waals surface area contributed by atoms with E-state index in [-0.39, 0.29) is 5.91 Å². The van der Waals surface area contributed by atoms with Crippen LogP contribution in [0.4, 0.5) is 0 Å². The minimum atomic E-state index is -0.0475. The molecule has 2 aromatic carbocycles. The number of ether oxygens (including phenoxy) is 1. The third-order valence-electron chi connectivity index (χ3n) is 4.51. The monoisotopic (exact) mass is 425 g/mol. The molecule has 0 radical (unpaired) electrons. The van der Waals surface area contributed by atoms with E-state index >= 15 is 0 Å². The number of fused-ring (bicyclic) bond motifs is 1. The number of nitrogens with one attached hydrogen (secondary N) is 1. The van der Waals surface area contributed by atoms with Gasteiger partial charge in [-0.1, -0.05) is 29.8 Å². The number of hydrogen-bond acceptors (Lipinski definition) is 4. The molecule has 1 N–H and O–H groups in total. The number of imidazole rings is 1. The Labute approximate surface area is 177 Å². The molecule has 2 heterocycles. The van der Waals surface area contributed by atoms with Gasteiger partial charge in [0.25, 0.3) is 5.91 Å². The van der Waals surface area contributed by atoms with Crippen LogP contribution < -0.4 is 10.1 Å². The highest BCUT2D eigenvalue weighted by atomic mass is 35.5. The van der Waals surface area contributed by atoms with E-state index in [1.807, 2.05) is 60.0 Å². The summed E-state index contributed by atoms with van der Waals surface area (Å²) in [5, 5.41) is 5.55. The molecule has 0 saturated carbocycles. The third kappa shape index (κ3) is 4.78. The summed E-state index contributed by atoms with van der Waals surface area (Å²) >= 11 is 7.36. The fraction of sp³-hybridized carbons (Fsp3) is 0.182. The lowest BCUT2D eigenvalue weighted by molar-refractivity contribution is 0.0958. The van der Waals surface area contributed by atoms with Crippen LogP contribution in [0.15, 0.2) is 66.0 Å². The van der Waals surface area contributed by atoms with Crippen LogP contribution in [0.5, 0.6) is 5.75 Å². The van der Waals surface area contributed by atoms with Gasteiger partial charge in [0.15, 0.2) is 0 Å². The zero-order chi connectivity index (χ0) is 20.1. The first-order valence-corrected chi connectivity index (χ1v) is 10.6. The summed E-state index contributed by atoms with van der Waals surface area (Å²) < 4.78 is 8.01. The van der Waals surface area contributed by atoms with E-state index in [4.69, 9.17) is 21.3 Å². The standard InChI is InChI=1S/C22H20ClN3O2S/c23-16-7-9-17(10-8-16)28-14-13-26-19-5-2-1-4-18(19)25-21(26)11-12-24-22(27)20-6-3-15-29-20/h1-10,15H,11-14H2,(H,24,27). The Kier molecular flexibility index (Phi) is 6.12. The highest BCUT2D eigenvalue weighted by Crippen LogP contribution is 2.18. The van der Waals surface area contributed by atoms with Gasteiger partial charge in [0.1, 0.15) is 18.2 Å². The molecule has 4 rings (SSSR count). The highest BCUT2D eigenvalue weighted by Gasteiger charge is 2.12. The van der Waals surface area contributed by atoms with E-state index in [1.54, 1.807) is 0 Å². The Morgan fingerprint density at radius 3 is 2.72 bits per heavy atom. The van der Waals surface area contributed by atoms with Crippen molar-refractivity contribution < 1.29 is 9.53 Å². The topological polar surface area (TPSA) is 56.2 Å². The zero-order valence-corrected chi connectivity index (χ0v) is 17.2. The number of amides is 1. The Balaban J connectivity index is 1.42. The Morgan fingerprint density at radius 2 is 1.93 bits per heavy atom. The van der Waals surface area contributed by atoms with E-state index < -0.39 is 0 Å². The van der Waals surface area contributed by atoms with Crippen LogP contribution in [0.2, 0.25) is 5.02 Å². The lowest BCUT2D eigenvalue weighted by atomic mass is 10.3. The predicted molar refractivity (Wildman–Crippen MR) is 117 cm³/mol. The van der Waals surface area contributed by atoms with Crippen molar-refractivity contribution in [2.24, 2.45) is 0 Å². The van der Waals surface area contributed by atoms with Crippen LogP contribution in [-0.2, 0) is 13.0 Å². The number of carbonyl (C=O) groups excluding carboxylic acids is 1. The lowest BCUT2D eigenvalue weighted by Crippen LogP contribution is -2.26. The summed E-state index contributed by atoms with van der Waals surface area (Å²) in [5.74, 6) is 1.66. The maximum absolute atomic E-state index is 12.1. The summed E-state index contributed by atoms with van der Waals surface area (Å²) in [6, 6.07) is 19.1. The fourth-order valence-corrected chi connectivity index (χ4v) is 3.90. The predicted octanol–water partition coefficient (Wildman–Crippen LogP) is 4.80. The molecule has 0 saturated heterocycles. The maximum atomic E-state index is 12.1. The van der Waals surface area contributed by atoms with Crippen LogP contribution in [0, 0.1) is 0 Å². The first-order valence-electron chi connectivity index (χ1n) is 9.35. The van der Waals surface area contributed by atoms with E-state index in [9.17, 15) is 4.79 Å². The van der Waals surface area contributed by atoms with Crippen molar-refractivity contribution in [1.29, 1.82) is 0 Å². The van der Waals surface area contributed by atoms with Crippen molar-refractivity contribution in [1.82, 2.24) is 14.9 Å². The molecule has 0 unspecified atom stereocenters. The molecule has 0 atom stereocenters. The van der Waals surface area contributed by atoms with Gasteiger partial charge in [-0.25, -0.2) is 4.98 Å². The molecule has 0 aliphatic carbocycles. The second kappa shape index (κ2) is 9.11. The van der Waals surface area contributed by atoms with E-state index in [0.717, 1.165) is 27.5 Å². The number of thiophene rings is 1. The molecule has 0 fully saturated rings. The summed E-state index contributed by atoms with van der Waals surface area (Å²) in [6.45, 7) is 1.70. The molecular weight excluding hydrogens is 406 g/mol. The van der Waals surface area contributed by atoms with Crippen molar-refractivity contribution in [3.8, 4) is 5.75 Å². The van der Waals surface area contributed by atoms with Gasteiger partial charge in [-0.05, 0) is 47.8 Å². The number of para-hydroxylation sites is 2. The van der Waals surface area contributed by atoms with Crippen LogP contribution in [0.1, 0.15) is 15.5 Å². The number of halogens is 1. The average molecular weight is 426 g/mol. The van der Waals surface area contributed by atoms with Gasteiger partial charge >= 0.3 is 0 Å². The number of carbonyl (C=O) groups is 1. The second-order valence-electron chi connectivity index (χ2n) is 6.45. The minimum absolute atomic E-state index is 0.0475. The minimum Gasteiger partial charge on any atom is -0.492 e. The van der Waals surface area contributed by atoms with Gasteiger partial charge in [0, 0.05) is 18.0 Å². The molecule has 2 aromatic heterocycles. The van der Waals surface area contributed by atoms with Gasteiger partial charge in [0.05, 0.1) is 22.5 Å². The van der Waals surface area contributed by atoms with Gasteiger partial charge in [-0.2, -0.15) is 0 Å². The molecule has 0 aliphatic rings. The number of aromatic nitrogens is 2. The molecule has 4 aromatic rings. The highest BCUT2D eigenvalue weighted by molar-refractivity contribution is 7.12. The molecule has 0 bridgehead atoms. The van der Waals surface area contributed by atoms with Crippen molar-refractivity contribution in [3.63, 3.8) is 0 Å². The summed E-state index contributed by atoms with van der Waals surface area (Å²) in [5.41, 5.74) is 2.00. The van der Waals surface area contributed by atoms with Crippen molar-refractivity contribution in [3.05, 3.63) is 81.8 Å². The number of benzene rings is 2. The second-order valence-corrected chi connectivity index (χ2v) is 7.84. The summed E-state index contributed by atoms with van der Waals surface area (Å²) in [6.07, 6.45) is 0.646. The van der Waals surface area contributed by atoms with Gasteiger partial charge in [-0.3, -0.25) is 4.79 Å².